The molecule has 1 aromatic heterocycles. The van der Waals surface area contributed by atoms with Crippen LogP contribution in [0.2, 0.25) is 5.02 Å². The minimum atomic E-state index is -2.97. The van der Waals surface area contributed by atoms with E-state index < -0.39 is 9.84 Å². The number of halogens is 1. The number of aromatic nitrogens is 3. The highest BCUT2D eigenvalue weighted by Gasteiger charge is 2.32. The Morgan fingerprint density at radius 3 is 2.44 bits per heavy atom. The van der Waals surface area contributed by atoms with E-state index in [1.54, 1.807) is 4.68 Å². The number of nitrogens with zero attached hydrogens (tertiary/aromatic N) is 4. The van der Waals surface area contributed by atoms with Crippen molar-refractivity contribution in [3.63, 3.8) is 0 Å². The Kier molecular flexibility index (Phi) is 6.86. The van der Waals surface area contributed by atoms with Crippen molar-refractivity contribution in [3.8, 4) is 17.1 Å². The third kappa shape index (κ3) is 4.98. The number of rotatable bonds is 7. The molecule has 4 rings (SSSR count). The van der Waals surface area contributed by atoms with Crippen molar-refractivity contribution in [2.45, 2.75) is 39.4 Å². The molecule has 0 aliphatic carbocycles. The highest BCUT2D eigenvalue weighted by molar-refractivity contribution is 7.91. The van der Waals surface area contributed by atoms with Crippen LogP contribution < -0.4 is 0 Å². The van der Waals surface area contributed by atoms with E-state index in [4.69, 9.17) is 28.9 Å². The summed E-state index contributed by atoms with van der Waals surface area (Å²) in [5.41, 5.74) is 3.00. The van der Waals surface area contributed by atoms with Crippen molar-refractivity contribution >= 4 is 33.7 Å². The zero-order chi connectivity index (χ0) is 22.9. The van der Waals surface area contributed by atoms with E-state index >= 15 is 0 Å². The fourth-order valence-electron chi connectivity index (χ4n) is 4.10. The lowest BCUT2D eigenvalue weighted by atomic mass is 10.2. The molecule has 1 saturated heterocycles. The highest BCUT2D eigenvalue weighted by atomic mass is 35.5. The van der Waals surface area contributed by atoms with Gasteiger partial charge in [-0.25, -0.2) is 13.1 Å². The van der Waals surface area contributed by atoms with Gasteiger partial charge in [-0.05, 0) is 74.9 Å². The van der Waals surface area contributed by atoms with Gasteiger partial charge >= 0.3 is 0 Å². The average molecular weight is 491 g/mol. The zero-order valence-corrected chi connectivity index (χ0v) is 20.6. The minimum absolute atomic E-state index is 0.00893. The molecule has 0 spiro atoms. The van der Waals surface area contributed by atoms with Gasteiger partial charge in [0.2, 0.25) is 4.77 Å². The standard InChI is InChI=1S/C23H27ClN4O2S2/c1-3-13-26(21-12-14-32(29,30)15-21)16-27-23(31)28(20-10-4-17(2)5-11-20)22(25-27)18-6-8-19(24)9-7-18/h4-11,21H,3,12-16H2,1-2H3. The number of benzene rings is 2. The molecule has 1 aliphatic rings. The fourth-order valence-corrected chi connectivity index (χ4v) is 6.28. The van der Waals surface area contributed by atoms with Crippen LogP contribution in [0.1, 0.15) is 25.3 Å². The van der Waals surface area contributed by atoms with Gasteiger partial charge in [0.25, 0.3) is 0 Å². The number of aryl methyl sites for hydroxylation is 1. The molecule has 1 fully saturated rings. The Morgan fingerprint density at radius 2 is 1.84 bits per heavy atom. The first kappa shape index (κ1) is 23.2. The summed E-state index contributed by atoms with van der Waals surface area (Å²) in [5.74, 6) is 1.17. The summed E-state index contributed by atoms with van der Waals surface area (Å²) in [5, 5.41) is 5.54. The molecule has 2 aromatic carbocycles. The number of sulfone groups is 1. The van der Waals surface area contributed by atoms with E-state index in [-0.39, 0.29) is 17.5 Å². The zero-order valence-electron chi connectivity index (χ0n) is 18.2. The average Bonchev–Trinajstić information content (AvgIpc) is 3.28. The predicted octanol–water partition coefficient (Wildman–Crippen LogP) is 4.89. The molecule has 1 unspecified atom stereocenters. The fraction of sp³-hybridized carbons (Fsp3) is 0.391. The molecule has 1 atom stereocenters. The molecule has 9 heteroatoms. The summed E-state index contributed by atoms with van der Waals surface area (Å²) in [6.07, 6.45) is 1.57. The van der Waals surface area contributed by atoms with Gasteiger partial charge in [-0.15, -0.1) is 5.10 Å². The van der Waals surface area contributed by atoms with Gasteiger partial charge in [-0.3, -0.25) is 9.47 Å². The molecule has 32 heavy (non-hydrogen) atoms. The van der Waals surface area contributed by atoms with Gasteiger partial charge in [0.15, 0.2) is 15.7 Å². The van der Waals surface area contributed by atoms with Crippen LogP contribution in [0.15, 0.2) is 48.5 Å². The Hall–Kier alpha value is -2.00. The summed E-state index contributed by atoms with van der Waals surface area (Å²) < 4.78 is 28.5. The molecule has 0 amide bonds. The summed E-state index contributed by atoms with van der Waals surface area (Å²) in [6, 6.07) is 15.7. The number of hydrogen-bond donors (Lipinski definition) is 0. The van der Waals surface area contributed by atoms with Gasteiger partial charge in [0, 0.05) is 22.3 Å². The molecule has 0 radical (unpaired) electrons. The van der Waals surface area contributed by atoms with Crippen molar-refractivity contribution in [2.75, 3.05) is 18.1 Å². The van der Waals surface area contributed by atoms with Gasteiger partial charge in [-0.1, -0.05) is 36.2 Å². The molecular weight excluding hydrogens is 464 g/mol. The monoisotopic (exact) mass is 490 g/mol. The first-order chi connectivity index (χ1) is 15.3. The molecule has 6 nitrogen and oxygen atoms in total. The van der Waals surface area contributed by atoms with Crippen LogP contribution in [0.25, 0.3) is 17.1 Å². The second-order valence-corrected chi connectivity index (χ2v) is 11.3. The van der Waals surface area contributed by atoms with Crippen LogP contribution in [-0.2, 0) is 16.5 Å². The third-order valence-corrected chi connectivity index (χ3v) is 8.18. The Labute approximate surface area is 199 Å². The van der Waals surface area contributed by atoms with Gasteiger partial charge in [-0.2, -0.15) is 0 Å². The summed E-state index contributed by atoms with van der Waals surface area (Å²) in [4.78, 5) is 2.19. The Balaban J connectivity index is 1.77. The first-order valence-electron chi connectivity index (χ1n) is 10.7. The van der Waals surface area contributed by atoms with Gasteiger partial charge in [0.05, 0.1) is 18.2 Å². The third-order valence-electron chi connectivity index (χ3n) is 5.79. The van der Waals surface area contributed by atoms with Crippen molar-refractivity contribution in [1.82, 2.24) is 19.2 Å². The maximum absolute atomic E-state index is 12.1. The van der Waals surface area contributed by atoms with Crippen LogP contribution in [0.5, 0.6) is 0 Å². The van der Waals surface area contributed by atoms with E-state index in [1.807, 2.05) is 60.0 Å². The maximum Gasteiger partial charge on any atom is 0.204 e. The largest absolute Gasteiger partial charge is 0.280 e. The summed E-state index contributed by atoms with van der Waals surface area (Å²) in [7, 11) is -2.97. The molecule has 2 heterocycles. The second kappa shape index (κ2) is 9.47. The van der Waals surface area contributed by atoms with Crippen LogP contribution >= 0.6 is 23.8 Å². The molecule has 0 bridgehead atoms. The SMILES string of the molecule is CCCN(Cn1nc(-c2ccc(Cl)cc2)n(-c2ccc(C)cc2)c1=S)C1CCS(=O)(=O)C1. The lowest BCUT2D eigenvalue weighted by Gasteiger charge is -2.27. The van der Waals surface area contributed by atoms with Crippen LogP contribution in [0.4, 0.5) is 0 Å². The summed E-state index contributed by atoms with van der Waals surface area (Å²) >= 11 is 12.0. The van der Waals surface area contributed by atoms with Crippen LogP contribution in [0.3, 0.4) is 0 Å². The molecule has 0 N–H and O–H groups in total. The van der Waals surface area contributed by atoms with E-state index in [1.165, 1.54) is 0 Å². The highest BCUT2D eigenvalue weighted by Crippen LogP contribution is 2.26. The first-order valence-corrected chi connectivity index (χ1v) is 13.4. The van der Waals surface area contributed by atoms with Crippen molar-refractivity contribution in [1.29, 1.82) is 0 Å². The molecule has 3 aromatic rings. The molecule has 170 valence electrons. The van der Waals surface area contributed by atoms with Crippen molar-refractivity contribution in [2.24, 2.45) is 0 Å². The molecule has 1 aliphatic heterocycles. The molecule has 0 saturated carbocycles. The maximum atomic E-state index is 12.1. The van der Waals surface area contributed by atoms with E-state index in [0.717, 1.165) is 35.6 Å². The minimum Gasteiger partial charge on any atom is -0.280 e. The normalized spacial score (nSPS) is 17.8. The number of hydrogen-bond acceptors (Lipinski definition) is 5. The van der Waals surface area contributed by atoms with Gasteiger partial charge < -0.3 is 0 Å². The van der Waals surface area contributed by atoms with Crippen LogP contribution in [0, 0.1) is 11.7 Å². The Bertz CT molecular complexity index is 1250. The predicted molar refractivity (Wildman–Crippen MR) is 132 cm³/mol. The van der Waals surface area contributed by atoms with Crippen molar-refractivity contribution < 1.29 is 8.42 Å². The Morgan fingerprint density at radius 1 is 1.16 bits per heavy atom. The lowest BCUT2D eigenvalue weighted by molar-refractivity contribution is 0.155. The van der Waals surface area contributed by atoms with E-state index in [9.17, 15) is 8.42 Å². The second-order valence-electron chi connectivity index (χ2n) is 8.29. The lowest BCUT2D eigenvalue weighted by Crippen LogP contribution is -2.38. The topological polar surface area (TPSA) is 60.1 Å². The smallest absolute Gasteiger partial charge is 0.204 e. The van der Waals surface area contributed by atoms with Gasteiger partial charge in [0.1, 0.15) is 0 Å². The molecular formula is C23H27ClN4O2S2. The van der Waals surface area contributed by atoms with Crippen LogP contribution in [-0.4, -0.2) is 51.8 Å². The van der Waals surface area contributed by atoms with E-state index in [0.29, 0.717) is 22.9 Å². The summed E-state index contributed by atoms with van der Waals surface area (Å²) in [6.45, 7) is 5.38. The van der Waals surface area contributed by atoms with Crippen molar-refractivity contribution in [3.05, 3.63) is 63.9 Å². The van der Waals surface area contributed by atoms with E-state index in [2.05, 4.69) is 11.8 Å². The quantitative estimate of drug-likeness (QED) is 0.441.